The van der Waals surface area contributed by atoms with Gasteiger partial charge < -0.3 is 15.2 Å². The summed E-state index contributed by atoms with van der Waals surface area (Å²) >= 11 is 0.935. The highest BCUT2D eigenvalue weighted by Crippen LogP contribution is 2.18. The second kappa shape index (κ2) is 6.78. The third-order valence-electron chi connectivity index (χ3n) is 3.18. The van der Waals surface area contributed by atoms with Crippen molar-refractivity contribution in [3.63, 3.8) is 0 Å². The molecular weight excluding hydrogens is 316 g/mol. The van der Waals surface area contributed by atoms with Crippen molar-refractivity contribution in [1.29, 1.82) is 0 Å². The molecule has 2 aromatic rings. The van der Waals surface area contributed by atoms with Crippen molar-refractivity contribution >= 4 is 23.2 Å². The van der Waals surface area contributed by atoms with Gasteiger partial charge in [-0.3, -0.25) is 4.79 Å². The normalized spacial score (nSPS) is 11.1. The number of ether oxygens (including phenoxy) is 1. The van der Waals surface area contributed by atoms with Gasteiger partial charge in [-0.15, -0.1) is 11.3 Å². The van der Waals surface area contributed by atoms with Crippen molar-refractivity contribution in [3.05, 3.63) is 45.9 Å². The predicted octanol–water partition coefficient (Wildman–Crippen LogP) is 2.60. The zero-order valence-corrected chi connectivity index (χ0v) is 13.9. The number of hydrogen-bond donors (Lipinski definition) is 2. The zero-order valence-electron chi connectivity index (χ0n) is 13.1. The van der Waals surface area contributed by atoms with E-state index in [4.69, 9.17) is 9.84 Å². The summed E-state index contributed by atoms with van der Waals surface area (Å²) < 4.78 is 5.12. The maximum atomic E-state index is 12.2. The Morgan fingerprint density at radius 2 is 1.96 bits per heavy atom. The van der Waals surface area contributed by atoms with Crippen LogP contribution in [-0.2, 0) is 6.42 Å². The predicted molar refractivity (Wildman–Crippen MR) is 87.3 cm³/mol. The molecule has 0 aliphatic heterocycles. The lowest BCUT2D eigenvalue weighted by molar-refractivity contribution is 0.0696. The molecule has 0 radical (unpaired) electrons. The molecule has 0 aliphatic rings. The highest BCUT2D eigenvalue weighted by atomic mass is 32.1. The van der Waals surface area contributed by atoms with Crippen LogP contribution in [0.5, 0.6) is 5.75 Å². The van der Waals surface area contributed by atoms with Gasteiger partial charge in [-0.1, -0.05) is 12.1 Å². The van der Waals surface area contributed by atoms with Crippen LogP contribution in [0.4, 0.5) is 0 Å². The summed E-state index contributed by atoms with van der Waals surface area (Å²) in [5.41, 5.74) is 0.675. The van der Waals surface area contributed by atoms with Gasteiger partial charge in [0.15, 0.2) is 0 Å². The summed E-state index contributed by atoms with van der Waals surface area (Å²) in [4.78, 5) is 26.8. The van der Waals surface area contributed by atoms with Crippen LogP contribution in [0.25, 0.3) is 0 Å². The average molecular weight is 334 g/mol. The molecule has 2 N–H and O–H groups in total. The van der Waals surface area contributed by atoms with Crippen LogP contribution in [0.15, 0.2) is 29.6 Å². The lowest BCUT2D eigenvalue weighted by Crippen LogP contribution is -2.45. The molecule has 0 spiro atoms. The number of aromatic nitrogens is 1. The molecule has 7 heteroatoms. The molecule has 0 fully saturated rings. The van der Waals surface area contributed by atoms with Crippen molar-refractivity contribution in [2.75, 3.05) is 7.11 Å². The monoisotopic (exact) mass is 334 g/mol. The summed E-state index contributed by atoms with van der Waals surface area (Å²) in [5, 5.41) is 13.1. The standard InChI is InChI=1S/C16H18N2O4S/c1-16(2,8-10-4-6-11(22-3)7-5-10)18-13(19)12-9-23-14(17-12)15(20)21/h4-7,9H,8H2,1-3H3,(H,18,19)(H,20,21). The Kier molecular flexibility index (Phi) is 5.00. The molecular formula is C16H18N2O4S. The lowest BCUT2D eigenvalue weighted by atomic mass is 9.94. The zero-order chi connectivity index (χ0) is 17.0. The smallest absolute Gasteiger partial charge is 0.365 e. The number of methoxy groups -OCH3 is 1. The van der Waals surface area contributed by atoms with Crippen LogP contribution in [0.1, 0.15) is 39.7 Å². The Bertz CT molecular complexity index is 707. The number of carboxylic acid groups (broad SMARTS) is 1. The molecule has 1 amide bonds. The van der Waals surface area contributed by atoms with E-state index in [0.29, 0.717) is 6.42 Å². The highest BCUT2D eigenvalue weighted by molar-refractivity contribution is 7.11. The van der Waals surface area contributed by atoms with E-state index in [9.17, 15) is 9.59 Å². The number of aromatic carboxylic acids is 1. The number of hydrogen-bond acceptors (Lipinski definition) is 5. The van der Waals surface area contributed by atoms with Gasteiger partial charge in [-0.2, -0.15) is 0 Å². The van der Waals surface area contributed by atoms with Crippen molar-refractivity contribution in [1.82, 2.24) is 10.3 Å². The number of nitrogens with zero attached hydrogens (tertiary/aromatic N) is 1. The van der Waals surface area contributed by atoms with Gasteiger partial charge in [-0.05, 0) is 38.0 Å². The number of carbonyl (C=O) groups excluding carboxylic acids is 1. The fraction of sp³-hybridized carbons (Fsp3) is 0.312. The Balaban J connectivity index is 2.03. The number of benzene rings is 1. The third-order valence-corrected chi connectivity index (χ3v) is 4.01. The minimum absolute atomic E-state index is 0.0943. The van der Waals surface area contributed by atoms with Crippen LogP contribution < -0.4 is 10.1 Å². The van der Waals surface area contributed by atoms with Crippen LogP contribution in [0.2, 0.25) is 0 Å². The van der Waals surface area contributed by atoms with E-state index < -0.39 is 11.5 Å². The first kappa shape index (κ1) is 17.0. The number of nitrogens with one attached hydrogen (secondary N) is 1. The van der Waals surface area contributed by atoms with Crippen LogP contribution in [0, 0.1) is 0 Å². The molecule has 0 atom stereocenters. The third kappa shape index (κ3) is 4.53. The molecule has 6 nitrogen and oxygen atoms in total. The summed E-state index contributed by atoms with van der Waals surface area (Å²) in [6.45, 7) is 3.80. The van der Waals surface area contributed by atoms with Gasteiger partial charge in [0.05, 0.1) is 7.11 Å². The van der Waals surface area contributed by atoms with E-state index >= 15 is 0 Å². The molecule has 23 heavy (non-hydrogen) atoms. The average Bonchev–Trinajstić information content (AvgIpc) is 2.97. The topological polar surface area (TPSA) is 88.5 Å². The van der Waals surface area contributed by atoms with Gasteiger partial charge in [0, 0.05) is 10.9 Å². The summed E-state index contributed by atoms with van der Waals surface area (Å²) in [7, 11) is 1.61. The van der Waals surface area contributed by atoms with Crippen molar-refractivity contribution < 1.29 is 19.4 Å². The van der Waals surface area contributed by atoms with Crippen molar-refractivity contribution in [3.8, 4) is 5.75 Å². The van der Waals surface area contributed by atoms with Crippen LogP contribution in [-0.4, -0.2) is 34.6 Å². The van der Waals surface area contributed by atoms with Crippen molar-refractivity contribution in [2.24, 2.45) is 0 Å². The minimum Gasteiger partial charge on any atom is -0.497 e. The molecule has 0 aliphatic carbocycles. The fourth-order valence-corrected chi connectivity index (χ4v) is 2.78. The number of amides is 1. The molecule has 1 aromatic heterocycles. The molecule has 0 bridgehead atoms. The molecule has 0 saturated carbocycles. The molecule has 1 aromatic carbocycles. The first-order chi connectivity index (χ1) is 10.8. The van der Waals surface area contributed by atoms with Gasteiger partial charge in [0.25, 0.3) is 5.91 Å². The largest absolute Gasteiger partial charge is 0.497 e. The van der Waals surface area contributed by atoms with E-state index in [1.807, 2.05) is 38.1 Å². The van der Waals surface area contributed by atoms with Crippen LogP contribution in [0.3, 0.4) is 0 Å². The molecule has 122 valence electrons. The highest BCUT2D eigenvalue weighted by Gasteiger charge is 2.23. The Morgan fingerprint density at radius 3 is 2.48 bits per heavy atom. The van der Waals surface area contributed by atoms with Gasteiger partial charge in [0.1, 0.15) is 11.4 Å². The maximum absolute atomic E-state index is 12.2. The summed E-state index contributed by atoms with van der Waals surface area (Å²) in [6, 6.07) is 7.62. The summed E-state index contributed by atoms with van der Waals surface area (Å²) in [6.07, 6.45) is 0.624. The second-order valence-corrected chi connectivity index (χ2v) is 6.56. The Labute approximate surface area is 138 Å². The SMILES string of the molecule is COc1ccc(CC(C)(C)NC(=O)c2csc(C(=O)O)n2)cc1. The van der Waals surface area contributed by atoms with Crippen molar-refractivity contribution in [2.45, 2.75) is 25.8 Å². The van der Waals surface area contributed by atoms with E-state index in [0.717, 1.165) is 22.6 Å². The Morgan fingerprint density at radius 1 is 1.30 bits per heavy atom. The van der Waals surface area contributed by atoms with Crippen LogP contribution >= 0.6 is 11.3 Å². The number of carbonyl (C=O) groups is 2. The Hall–Kier alpha value is -2.41. The fourth-order valence-electron chi connectivity index (χ4n) is 2.15. The number of rotatable bonds is 6. The van der Waals surface area contributed by atoms with E-state index in [1.165, 1.54) is 5.38 Å². The van der Waals surface area contributed by atoms with Gasteiger partial charge in [0.2, 0.25) is 5.01 Å². The summed E-state index contributed by atoms with van der Waals surface area (Å²) in [5.74, 6) is -0.738. The molecule has 0 saturated heterocycles. The second-order valence-electron chi connectivity index (χ2n) is 5.71. The number of thiazole rings is 1. The molecule has 2 rings (SSSR count). The first-order valence-corrected chi connectivity index (χ1v) is 7.83. The van der Waals surface area contributed by atoms with Gasteiger partial charge in [-0.25, -0.2) is 9.78 Å². The van der Waals surface area contributed by atoms with Gasteiger partial charge >= 0.3 is 5.97 Å². The molecule has 0 unspecified atom stereocenters. The minimum atomic E-state index is -1.13. The van der Waals surface area contributed by atoms with E-state index in [1.54, 1.807) is 7.11 Å². The van der Waals surface area contributed by atoms with E-state index in [-0.39, 0.29) is 16.6 Å². The maximum Gasteiger partial charge on any atom is 0.365 e. The lowest BCUT2D eigenvalue weighted by Gasteiger charge is -2.26. The number of carboxylic acids is 1. The van der Waals surface area contributed by atoms with E-state index in [2.05, 4.69) is 10.3 Å². The quantitative estimate of drug-likeness (QED) is 0.848. The molecule has 1 heterocycles. The first-order valence-electron chi connectivity index (χ1n) is 6.95.